The van der Waals surface area contributed by atoms with E-state index in [9.17, 15) is 19.2 Å². The third-order valence-electron chi connectivity index (χ3n) is 5.61. The van der Waals surface area contributed by atoms with Crippen LogP contribution >= 0.6 is 0 Å². The van der Waals surface area contributed by atoms with E-state index < -0.39 is 11.8 Å². The number of amides is 2. The Balaban J connectivity index is 1.65. The Morgan fingerprint density at radius 1 is 0.485 bits per heavy atom. The third-order valence-corrected chi connectivity index (χ3v) is 5.61. The van der Waals surface area contributed by atoms with Gasteiger partial charge in [0.15, 0.2) is 11.6 Å². The van der Waals surface area contributed by atoms with Crippen LogP contribution in [0, 0.1) is 0 Å². The first kappa shape index (κ1) is 20.3. The Morgan fingerprint density at radius 3 is 1.42 bits per heavy atom. The molecule has 5 rings (SSSR count). The van der Waals surface area contributed by atoms with Gasteiger partial charge in [0, 0.05) is 33.4 Å². The van der Waals surface area contributed by atoms with Crippen LogP contribution < -0.4 is 4.90 Å². The summed E-state index contributed by atoms with van der Waals surface area (Å²) in [5.74, 6) is -1.64. The van der Waals surface area contributed by atoms with Crippen LogP contribution in [-0.4, -0.2) is 23.4 Å². The number of carbonyl (C=O) groups excluding carboxylic acids is 4. The lowest BCUT2D eigenvalue weighted by Gasteiger charge is -2.24. The molecule has 1 aliphatic carbocycles. The second-order valence-corrected chi connectivity index (χ2v) is 7.61. The van der Waals surface area contributed by atoms with Gasteiger partial charge < -0.3 is 0 Å². The summed E-state index contributed by atoms with van der Waals surface area (Å²) in [6.07, 6.45) is 0. The number of carbonyl (C=O) groups is 4. The second-order valence-electron chi connectivity index (χ2n) is 7.61. The zero-order chi connectivity index (χ0) is 22.9. The van der Waals surface area contributed by atoms with Gasteiger partial charge in [-0.1, -0.05) is 60.7 Å². The van der Waals surface area contributed by atoms with Crippen molar-refractivity contribution in [1.82, 2.24) is 0 Å². The summed E-state index contributed by atoms with van der Waals surface area (Å²) in [5, 5.41) is 0. The van der Waals surface area contributed by atoms with Crippen LogP contribution in [0.1, 0.15) is 52.6 Å². The van der Waals surface area contributed by atoms with Gasteiger partial charge in [-0.3, -0.25) is 19.2 Å². The number of nitrogens with zero attached hydrogens (tertiary/aromatic N) is 1. The lowest BCUT2D eigenvalue weighted by Crippen LogP contribution is -2.37. The summed E-state index contributed by atoms with van der Waals surface area (Å²) < 4.78 is 0. The van der Waals surface area contributed by atoms with Crippen molar-refractivity contribution in [3.05, 3.63) is 137 Å². The fraction of sp³-hybridized carbons (Fsp3) is 0. The molecule has 4 aromatic rings. The van der Waals surface area contributed by atoms with E-state index in [2.05, 4.69) is 0 Å². The number of hydrogen-bond acceptors (Lipinski definition) is 4. The highest BCUT2D eigenvalue weighted by Gasteiger charge is 2.32. The highest BCUT2D eigenvalue weighted by molar-refractivity contribution is 6.30. The summed E-state index contributed by atoms with van der Waals surface area (Å²) in [6.45, 7) is 0. The van der Waals surface area contributed by atoms with Crippen molar-refractivity contribution >= 4 is 29.1 Å². The molecule has 0 radical (unpaired) electrons. The molecule has 5 nitrogen and oxygen atoms in total. The van der Waals surface area contributed by atoms with E-state index in [0.717, 1.165) is 4.90 Å². The molecule has 33 heavy (non-hydrogen) atoms. The maximum absolute atomic E-state index is 13.4. The van der Waals surface area contributed by atoms with E-state index in [1.165, 1.54) is 18.2 Å². The van der Waals surface area contributed by atoms with Crippen LogP contribution in [0.25, 0.3) is 0 Å². The average molecular weight is 431 g/mol. The van der Waals surface area contributed by atoms with Crippen LogP contribution in [0.15, 0.2) is 103 Å². The SMILES string of the molecule is O=C1c2ccccc2C(=O)c2cc(N(C(=O)c3ccccc3)C(=O)c3ccccc3)ccc21. The molecule has 4 aromatic carbocycles. The third kappa shape index (κ3) is 3.46. The van der Waals surface area contributed by atoms with E-state index in [0.29, 0.717) is 22.3 Å². The normalized spacial score (nSPS) is 12.0. The molecule has 0 aliphatic heterocycles. The molecule has 1 aliphatic rings. The van der Waals surface area contributed by atoms with Crippen LogP contribution in [0.2, 0.25) is 0 Å². The van der Waals surface area contributed by atoms with Crippen molar-refractivity contribution in [3.8, 4) is 0 Å². The van der Waals surface area contributed by atoms with Crippen LogP contribution in [0.3, 0.4) is 0 Å². The van der Waals surface area contributed by atoms with Crippen molar-refractivity contribution < 1.29 is 19.2 Å². The minimum absolute atomic E-state index is 0.169. The van der Waals surface area contributed by atoms with Gasteiger partial charge in [-0.2, -0.15) is 0 Å². The van der Waals surface area contributed by atoms with Crippen molar-refractivity contribution in [2.24, 2.45) is 0 Å². The lowest BCUT2D eigenvalue weighted by molar-refractivity contribution is 0.0896. The monoisotopic (exact) mass is 431 g/mol. The molecule has 0 spiro atoms. The maximum Gasteiger partial charge on any atom is 0.265 e. The number of anilines is 1. The zero-order valence-electron chi connectivity index (χ0n) is 17.4. The summed E-state index contributed by atoms with van der Waals surface area (Å²) in [5.41, 5.74) is 1.95. The van der Waals surface area contributed by atoms with E-state index in [4.69, 9.17) is 0 Å². The van der Waals surface area contributed by atoms with Crippen LogP contribution in [0.5, 0.6) is 0 Å². The molecule has 0 bridgehead atoms. The topological polar surface area (TPSA) is 71.5 Å². The fourth-order valence-electron chi connectivity index (χ4n) is 3.97. The van der Waals surface area contributed by atoms with Gasteiger partial charge in [-0.05, 0) is 42.5 Å². The minimum Gasteiger partial charge on any atom is -0.289 e. The molecule has 0 saturated carbocycles. The Hall–Kier alpha value is -4.64. The molecule has 0 N–H and O–H groups in total. The minimum atomic E-state index is -0.528. The van der Waals surface area contributed by atoms with Gasteiger partial charge in [0.05, 0.1) is 5.69 Å². The van der Waals surface area contributed by atoms with Gasteiger partial charge in [-0.25, -0.2) is 4.90 Å². The molecule has 0 saturated heterocycles. The quantitative estimate of drug-likeness (QED) is 0.379. The molecular weight excluding hydrogens is 414 g/mol. The molecule has 5 heteroatoms. The highest BCUT2D eigenvalue weighted by Crippen LogP contribution is 2.31. The van der Waals surface area contributed by atoms with Crippen molar-refractivity contribution in [3.63, 3.8) is 0 Å². The number of hydrogen-bond donors (Lipinski definition) is 0. The Labute approximate surface area is 189 Å². The highest BCUT2D eigenvalue weighted by atomic mass is 16.2. The van der Waals surface area contributed by atoms with Gasteiger partial charge in [0.25, 0.3) is 11.8 Å². The first-order valence-electron chi connectivity index (χ1n) is 10.4. The van der Waals surface area contributed by atoms with Crippen LogP contribution in [-0.2, 0) is 0 Å². The van der Waals surface area contributed by atoms with E-state index in [1.54, 1.807) is 84.9 Å². The van der Waals surface area contributed by atoms with Crippen molar-refractivity contribution in [2.75, 3.05) is 4.90 Å². The Kier molecular flexibility index (Phi) is 4.99. The summed E-state index contributed by atoms with van der Waals surface area (Å²) in [6, 6.07) is 28.0. The fourth-order valence-corrected chi connectivity index (χ4v) is 3.97. The molecule has 0 unspecified atom stereocenters. The Bertz CT molecular complexity index is 1370. The molecule has 2 amide bonds. The first-order valence-corrected chi connectivity index (χ1v) is 10.4. The van der Waals surface area contributed by atoms with E-state index >= 15 is 0 Å². The van der Waals surface area contributed by atoms with E-state index in [-0.39, 0.29) is 28.4 Å². The molecule has 158 valence electrons. The molecule has 0 fully saturated rings. The summed E-state index contributed by atoms with van der Waals surface area (Å²) >= 11 is 0. The summed E-state index contributed by atoms with van der Waals surface area (Å²) in [7, 11) is 0. The van der Waals surface area contributed by atoms with Crippen molar-refractivity contribution in [1.29, 1.82) is 0 Å². The molecule has 0 aromatic heterocycles. The predicted molar refractivity (Wildman–Crippen MR) is 124 cm³/mol. The smallest absolute Gasteiger partial charge is 0.265 e. The lowest BCUT2D eigenvalue weighted by atomic mass is 9.84. The summed E-state index contributed by atoms with van der Waals surface area (Å²) in [4.78, 5) is 54.0. The van der Waals surface area contributed by atoms with Gasteiger partial charge in [-0.15, -0.1) is 0 Å². The number of ketones is 2. The van der Waals surface area contributed by atoms with Crippen molar-refractivity contribution in [2.45, 2.75) is 0 Å². The maximum atomic E-state index is 13.4. The van der Waals surface area contributed by atoms with E-state index in [1.807, 2.05) is 0 Å². The van der Waals surface area contributed by atoms with Gasteiger partial charge in [0.1, 0.15) is 0 Å². The number of fused-ring (bicyclic) bond motifs is 2. The number of rotatable bonds is 3. The molecule has 0 atom stereocenters. The largest absolute Gasteiger partial charge is 0.289 e. The molecular formula is C28H17NO4. The number of imide groups is 1. The second kappa shape index (κ2) is 8.13. The average Bonchev–Trinajstić information content (AvgIpc) is 2.88. The standard InChI is InChI=1S/C28H17NO4/c30-25-21-13-7-8-14-22(21)26(31)24-17-20(15-16-23(24)25)29(27(32)18-9-3-1-4-10-18)28(33)19-11-5-2-6-12-19/h1-17H. The van der Waals surface area contributed by atoms with Gasteiger partial charge >= 0.3 is 0 Å². The number of benzene rings is 4. The van der Waals surface area contributed by atoms with Crippen LogP contribution in [0.4, 0.5) is 5.69 Å². The zero-order valence-corrected chi connectivity index (χ0v) is 17.4. The Morgan fingerprint density at radius 2 is 0.909 bits per heavy atom. The first-order chi connectivity index (χ1) is 16.1. The predicted octanol–water partition coefficient (Wildman–Crippen LogP) is 4.95. The van der Waals surface area contributed by atoms with Gasteiger partial charge in [0.2, 0.25) is 0 Å². The molecule has 0 heterocycles.